The predicted octanol–water partition coefficient (Wildman–Crippen LogP) is 1.08. The van der Waals surface area contributed by atoms with Crippen LogP contribution in [0.2, 0.25) is 0 Å². The second-order valence-electron chi connectivity index (χ2n) is 4.35. The highest BCUT2D eigenvalue weighted by molar-refractivity contribution is 5.83. The highest BCUT2D eigenvalue weighted by atomic mass is 16.5. The number of Topliss-reactive ketones (excluding diaryl/α,β-unsaturated/α-hetero) is 1. The molecule has 1 aliphatic heterocycles. The molecular formula is C11H19NO2. The number of hydrogen-bond acceptors (Lipinski definition) is 3. The number of carbonyl (C=O) groups excluding carboxylic acids is 1. The topological polar surface area (TPSA) is 29.5 Å². The Morgan fingerprint density at radius 2 is 2.36 bits per heavy atom. The molecule has 1 saturated heterocycles. The summed E-state index contributed by atoms with van der Waals surface area (Å²) in [7, 11) is 1.74. The first kappa shape index (κ1) is 10.1. The van der Waals surface area contributed by atoms with Gasteiger partial charge in [0.1, 0.15) is 5.78 Å². The standard InChI is InChI=1S/C11H19NO2/c1-14-8-7-12-6-5-11(13)9-3-2-4-10(9)12/h9-10H,2-8H2,1H3/t9-,10-/m0/s1. The molecule has 14 heavy (non-hydrogen) atoms. The molecule has 0 radical (unpaired) electrons. The van der Waals surface area contributed by atoms with Gasteiger partial charge >= 0.3 is 0 Å². The van der Waals surface area contributed by atoms with Gasteiger partial charge in [-0.05, 0) is 12.8 Å². The fraction of sp³-hybridized carbons (Fsp3) is 0.909. The minimum Gasteiger partial charge on any atom is -0.383 e. The lowest BCUT2D eigenvalue weighted by Gasteiger charge is -2.36. The van der Waals surface area contributed by atoms with Crippen LogP contribution in [0.1, 0.15) is 25.7 Å². The van der Waals surface area contributed by atoms with Crippen LogP contribution in [0.4, 0.5) is 0 Å². The van der Waals surface area contributed by atoms with Crippen LogP contribution in [0.25, 0.3) is 0 Å². The molecule has 3 heteroatoms. The number of likely N-dealkylation sites (tertiary alicyclic amines) is 1. The molecule has 0 spiro atoms. The van der Waals surface area contributed by atoms with Gasteiger partial charge in [0.05, 0.1) is 6.61 Å². The maximum Gasteiger partial charge on any atom is 0.138 e. The van der Waals surface area contributed by atoms with E-state index in [0.717, 1.165) is 32.5 Å². The van der Waals surface area contributed by atoms with Crippen molar-refractivity contribution in [2.45, 2.75) is 31.7 Å². The number of hydrogen-bond donors (Lipinski definition) is 0. The molecule has 1 aliphatic carbocycles. The van der Waals surface area contributed by atoms with Gasteiger partial charge in [0.25, 0.3) is 0 Å². The van der Waals surface area contributed by atoms with Crippen molar-refractivity contribution in [1.82, 2.24) is 4.90 Å². The summed E-state index contributed by atoms with van der Waals surface area (Å²) in [5, 5.41) is 0. The van der Waals surface area contributed by atoms with Crippen LogP contribution in [-0.2, 0) is 9.53 Å². The number of rotatable bonds is 3. The van der Waals surface area contributed by atoms with Crippen LogP contribution in [0.5, 0.6) is 0 Å². The molecule has 1 heterocycles. The lowest BCUT2D eigenvalue weighted by Crippen LogP contribution is -2.47. The van der Waals surface area contributed by atoms with Crippen molar-refractivity contribution in [3.8, 4) is 0 Å². The van der Waals surface area contributed by atoms with E-state index in [1.54, 1.807) is 7.11 Å². The van der Waals surface area contributed by atoms with E-state index in [2.05, 4.69) is 4.90 Å². The third kappa shape index (κ3) is 1.84. The number of piperidine rings is 1. The minimum absolute atomic E-state index is 0.348. The Morgan fingerprint density at radius 3 is 3.14 bits per heavy atom. The summed E-state index contributed by atoms with van der Waals surface area (Å²) < 4.78 is 5.09. The monoisotopic (exact) mass is 197 g/mol. The van der Waals surface area contributed by atoms with E-state index < -0.39 is 0 Å². The number of nitrogens with zero attached hydrogens (tertiary/aromatic N) is 1. The number of ether oxygens (including phenoxy) is 1. The van der Waals surface area contributed by atoms with Crippen LogP contribution in [0.15, 0.2) is 0 Å². The molecule has 2 atom stereocenters. The summed E-state index contributed by atoms with van der Waals surface area (Å²) in [6.07, 6.45) is 4.31. The first-order valence-corrected chi connectivity index (χ1v) is 5.58. The van der Waals surface area contributed by atoms with Crippen LogP contribution < -0.4 is 0 Å². The largest absolute Gasteiger partial charge is 0.383 e. The average molecular weight is 197 g/mol. The lowest BCUT2D eigenvalue weighted by molar-refractivity contribution is -0.128. The Hall–Kier alpha value is -0.410. The Bertz CT molecular complexity index is 217. The Morgan fingerprint density at radius 1 is 1.50 bits per heavy atom. The molecule has 80 valence electrons. The molecule has 0 N–H and O–H groups in total. The van der Waals surface area contributed by atoms with E-state index in [-0.39, 0.29) is 0 Å². The van der Waals surface area contributed by atoms with E-state index in [9.17, 15) is 4.79 Å². The van der Waals surface area contributed by atoms with Crippen molar-refractivity contribution in [3.63, 3.8) is 0 Å². The van der Waals surface area contributed by atoms with Gasteiger partial charge in [-0.1, -0.05) is 6.42 Å². The van der Waals surface area contributed by atoms with E-state index in [4.69, 9.17) is 4.74 Å². The highest BCUT2D eigenvalue weighted by Crippen LogP contribution is 2.34. The Balaban J connectivity index is 1.95. The molecule has 0 aromatic heterocycles. The molecule has 2 fully saturated rings. The van der Waals surface area contributed by atoms with Crippen molar-refractivity contribution in [2.75, 3.05) is 26.8 Å². The van der Waals surface area contributed by atoms with Gasteiger partial charge in [-0.15, -0.1) is 0 Å². The maximum absolute atomic E-state index is 11.6. The van der Waals surface area contributed by atoms with Gasteiger partial charge < -0.3 is 4.74 Å². The number of ketones is 1. The zero-order valence-electron chi connectivity index (χ0n) is 8.87. The zero-order valence-corrected chi connectivity index (χ0v) is 8.87. The number of carbonyl (C=O) groups is 1. The third-order valence-corrected chi connectivity index (χ3v) is 3.59. The van der Waals surface area contributed by atoms with Crippen LogP contribution in [0, 0.1) is 5.92 Å². The Labute approximate surface area is 85.4 Å². The summed E-state index contributed by atoms with van der Waals surface area (Å²) in [6, 6.07) is 0.534. The second-order valence-corrected chi connectivity index (χ2v) is 4.35. The van der Waals surface area contributed by atoms with Crippen LogP contribution >= 0.6 is 0 Å². The lowest BCUT2D eigenvalue weighted by atomic mass is 9.91. The summed E-state index contributed by atoms with van der Waals surface area (Å²) in [5.41, 5.74) is 0. The summed E-state index contributed by atoms with van der Waals surface area (Å²) in [5.74, 6) is 0.849. The van der Waals surface area contributed by atoms with E-state index in [0.29, 0.717) is 17.7 Å². The molecule has 0 aromatic carbocycles. The van der Waals surface area contributed by atoms with Crippen LogP contribution in [0.3, 0.4) is 0 Å². The molecule has 2 aliphatic rings. The molecular weight excluding hydrogens is 178 g/mol. The average Bonchev–Trinajstić information content (AvgIpc) is 2.66. The minimum atomic E-state index is 0.348. The molecule has 2 rings (SSSR count). The number of methoxy groups -OCH3 is 1. The van der Waals surface area contributed by atoms with Gasteiger partial charge in [0, 0.05) is 38.6 Å². The molecule has 0 bridgehead atoms. The maximum atomic E-state index is 11.6. The zero-order chi connectivity index (χ0) is 9.97. The van der Waals surface area contributed by atoms with Gasteiger partial charge in [0.15, 0.2) is 0 Å². The molecule has 0 amide bonds. The first-order valence-electron chi connectivity index (χ1n) is 5.58. The van der Waals surface area contributed by atoms with E-state index >= 15 is 0 Å². The highest BCUT2D eigenvalue weighted by Gasteiger charge is 2.39. The van der Waals surface area contributed by atoms with Gasteiger partial charge in [-0.25, -0.2) is 0 Å². The summed E-state index contributed by atoms with van der Waals surface area (Å²) in [6.45, 7) is 2.73. The van der Waals surface area contributed by atoms with Crippen molar-refractivity contribution in [1.29, 1.82) is 0 Å². The smallest absolute Gasteiger partial charge is 0.138 e. The van der Waals surface area contributed by atoms with Crippen molar-refractivity contribution >= 4 is 5.78 Å². The number of fused-ring (bicyclic) bond motifs is 1. The summed E-state index contributed by atoms with van der Waals surface area (Å²) in [4.78, 5) is 14.1. The van der Waals surface area contributed by atoms with Crippen molar-refractivity contribution in [3.05, 3.63) is 0 Å². The van der Waals surface area contributed by atoms with E-state index in [1.807, 2.05) is 0 Å². The molecule has 0 aromatic rings. The fourth-order valence-corrected chi connectivity index (χ4v) is 2.84. The Kier molecular flexibility index (Phi) is 3.19. The predicted molar refractivity (Wildman–Crippen MR) is 54.2 cm³/mol. The van der Waals surface area contributed by atoms with Gasteiger partial charge in [-0.2, -0.15) is 0 Å². The molecule has 0 unspecified atom stereocenters. The molecule has 1 saturated carbocycles. The quantitative estimate of drug-likeness (QED) is 0.678. The summed E-state index contributed by atoms with van der Waals surface area (Å²) >= 11 is 0. The fourth-order valence-electron chi connectivity index (χ4n) is 2.84. The van der Waals surface area contributed by atoms with Crippen molar-refractivity contribution < 1.29 is 9.53 Å². The van der Waals surface area contributed by atoms with Crippen molar-refractivity contribution in [2.24, 2.45) is 5.92 Å². The van der Waals surface area contributed by atoms with Gasteiger partial charge in [-0.3, -0.25) is 9.69 Å². The SMILES string of the molecule is COCCN1CCC(=O)[C@H]2CCC[C@@H]21. The first-order chi connectivity index (χ1) is 6.83. The van der Waals surface area contributed by atoms with Gasteiger partial charge in [0.2, 0.25) is 0 Å². The molecule has 3 nitrogen and oxygen atoms in total. The second kappa shape index (κ2) is 4.41. The normalized spacial score (nSPS) is 33.4. The van der Waals surface area contributed by atoms with Crippen LogP contribution in [-0.4, -0.2) is 43.5 Å². The van der Waals surface area contributed by atoms with E-state index in [1.165, 1.54) is 12.8 Å². The third-order valence-electron chi connectivity index (χ3n) is 3.59.